The maximum Gasteiger partial charge on any atom is 0.337 e. The van der Waals surface area contributed by atoms with Crippen molar-refractivity contribution in [3.05, 3.63) is 100 Å². The summed E-state index contributed by atoms with van der Waals surface area (Å²) < 4.78 is 4.66. The third kappa shape index (κ3) is 4.99. The number of amides is 3. The van der Waals surface area contributed by atoms with E-state index in [2.05, 4.69) is 15.4 Å². The van der Waals surface area contributed by atoms with Crippen molar-refractivity contribution in [3.8, 4) is 0 Å². The summed E-state index contributed by atoms with van der Waals surface area (Å²) in [5, 5.41) is 5.42. The van der Waals surface area contributed by atoms with Gasteiger partial charge in [-0.2, -0.15) is 0 Å². The number of aryl methyl sites for hydroxylation is 1. The first-order valence-corrected chi connectivity index (χ1v) is 11.4. The number of hydrogen-bond donors (Lipinski definition) is 2. The number of methoxy groups -OCH3 is 1. The van der Waals surface area contributed by atoms with Crippen LogP contribution in [0.2, 0.25) is 0 Å². The SMILES string of the molecule is CCc1ccc(N2C(=O)C(Cl)=C(Nc3ccc(C(=O)Nc4ccc(C(=O)OC)cc4)cc3)C2=O)cc1. The topological polar surface area (TPSA) is 105 Å². The number of carbonyl (C=O) groups is 4. The van der Waals surface area contributed by atoms with E-state index in [1.807, 2.05) is 19.1 Å². The molecule has 0 saturated heterocycles. The summed E-state index contributed by atoms with van der Waals surface area (Å²) in [5.41, 5.74) is 3.20. The van der Waals surface area contributed by atoms with Crippen LogP contribution in [0.15, 0.2) is 83.5 Å². The van der Waals surface area contributed by atoms with E-state index in [1.54, 1.807) is 60.7 Å². The van der Waals surface area contributed by atoms with E-state index in [0.29, 0.717) is 28.2 Å². The normalized spacial score (nSPS) is 13.1. The molecule has 0 aromatic heterocycles. The van der Waals surface area contributed by atoms with Crippen LogP contribution >= 0.6 is 11.6 Å². The zero-order valence-corrected chi connectivity index (χ0v) is 20.3. The van der Waals surface area contributed by atoms with Gasteiger partial charge in [0.15, 0.2) is 0 Å². The van der Waals surface area contributed by atoms with E-state index in [-0.39, 0.29) is 16.6 Å². The summed E-state index contributed by atoms with van der Waals surface area (Å²) in [5.74, 6) is -2.00. The van der Waals surface area contributed by atoms with Gasteiger partial charge in [-0.05, 0) is 72.6 Å². The third-order valence-corrected chi connectivity index (χ3v) is 5.96. The largest absolute Gasteiger partial charge is 0.465 e. The zero-order chi connectivity index (χ0) is 25.8. The lowest BCUT2D eigenvalue weighted by Gasteiger charge is -2.15. The van der Waals surface area contributed by atoms with Gasteiger partial charge in [0, 0.05) is 16.9 Å². The first-order chi connectivity index (χ1) is 17.3. The van der Waals surface area contributed by atoms with Crippen LogP contribution in [0.3, 0.4) is 0 Å². The van der Waals surface area contributed by atoms with Crippen LogP contribution in [0, 0.1) is 0 Å². The van der Waals surface area contributed by atoms with Crippen molar-refractivity contribution >= 4 is 52.4 Å². The molecule has 3 aromatic carbocycles. The molecular weight excluding hydrogens is 482 g/mol. The highest BCUT2D eigenvalue weighted by atomic mass is 35.5. The van der Waals surface area contributed by atoms with Gasteiger partial charge in [-0.25, -0.2) is 9.69 Å². The number of carbonyl (C=O) groups excluding carboxylic acids is 4. The van der Waals surface area contributed by atoms with E-state index in [9.17, 15) is 19.2 Å². The van der Waals surface area contributed by atoms with Crippen molar-refractivity contribution in [1.29, 1.82) is 0 Å². The molecule has 0 atom stereocenters. The number of benzene rings is 3. The van der Waals surface area contributed by atoms with Crippen LogP contribution in [0.1, 0.15) is 33.2 Å². The van der Waals surface area contributed by atoms with Crippen LogP contribution in [0.4, 0.5) is 17.1 Å². The molecule has 0 bridgehead atoms. The first-order valence-electron chi connectivity index (χ1n) is 11.1. The van der Waals surface area contributed by atoms with Crippen LogP contribution in [-0.4, -0.2) is 30.8 Å². The summed E-state index contributed by atoms with van der Waals surface area (Å²) in [4.78, 5) is 50.7. The molecule has 3 amide bonds. The van der Waals surface area contributed by atoms with E-state index in [1.165, 1.54) is 7.11 Å². The Kier molecular flexibility index (Phi) is 7.17. The number of hydrogen-bond acceptors (Lipinski definition) is 6. The van der Waals surface area contributed by atoms with Crippen LogP contribution in [0.25, 0.3) is 0 Å². The average molecular weight is 504 g/mol. The molecule has 0 unspecified atom stereocenters. The Labute approximate surface area is 212 Å². The highest BCUT2D eigenvalue weighted by molar-refractivity contribution is 6.53. The number of nitrogens with one attached hydrogen (secondary N) is 2. The molecule has 36 heavy (non-hydrogen) atoms. The minimum Gasteiger partial charge on any atom is -0.465 e. The van der Waals surface area contributed by atoms with Gasteiger partial charge in [0.2, 0.25) is 0 Å². The van der Waals surface area contributed by atoms with Crippen LogP contribution in [-0.2, 0) is 20.7 Å². The second kappa shape index (κ2) is 10.5. The molecule has 3 aromatic rings. The average Bonchev–Trinajstić information content (AvgIpc) is 3.12. The number of anilines is 3. The summed E-state index contributed by atoms with van der Waals surface area (Å²) in [6.45, 7) is 2.01. The van der Waals surface area contributed by atoms with Gasteiger partial charge < -0.3 is 15.4 Å². The summed E-state index contributed by atoms with van der Waals surface area (Å²) in [6.07, 6.45) is 0.837. The molecule has 4 rings (SSSR count). The van der Waals surface area contributed by atoms with Crippen molar-refractivity contribution in [2.24, 2.45) is 0 Å². The predicted molar refractivity (Wildman–Crippen MR) is 137 cm³/mol. The Morgan fingerprint density at radius 3 is 2.00 bits per heavy atom. The number of rotatable bonds is 7. The Morgan fingerprint density at radius 2 is 1.42 bits per heavy atom. The quantitative estimate of drug-likeness (QED) is 0.357. The van der Waals surface area contributed by atoms with E-state index in [0.717, 1.165) is 16.9 Å². The molecular formula is C27H22ClN3O5. The lowest BCUT2D eigenvalue weighted by molar-refractivity contribution is -0.120. The van der Waals surface area contributed by atoms with Gasteiger partial charge in [0.1, 0.15) is 10.7 Å². The van der Waals surface area contributed by atoms with E-state index < -0.39 is 17.8 Å². The van der Waals surface area contributed by atoms with Crippen molar-refractivity contribution in [3.63, 3.8) is 0 Å². The van der Waals surface area contributed by atoms with E-state index in [4.69, 9.17) is 11.6 Å². The van der Waals surface area contributed by atoms with Crippen molar-refractivity contribution < 1.29 is 23.9 Å². The lowest BCUT2D eigenvalue weighted by Crippen LogP contribution is -2.32. The fourth-order valence-corrected chi connectivity index (χ4v) is 3.80. The maximum atomic E-state index is 13.0. The number of ether oxygens (including phenoxy) is 1. The number of halogens is 1. The molecule has 1 heterocycles. The van der Waals surface area contributed by atoms with Crippen LogP contribution in [0.5, 0.6) is 0 Å². The van der Waals surface area contributed by atoms with Gasteiger partial charge in [0.05, 0.1) is 18.4 Å². The van der Waals surface area contributed by atoms with Crippen molar-refractivity contribution in [1.82, 2.24) is 0 Å². The smallest absolute Gasteiger partial charge is 0.337 e. The fourth-order valence-electron chi connectivity index (χ4n) is 3.59. The zero-order valence-electron chi connectivity index (χ0n) is 19.5. The third-order valence-electron chi connectivity index (χ3n) is 5.61. The molecule has 9 heteroatoms. The lowest BCUT2D eigenvalue weighted by atomic mass is 10.1. The van der Waals surface area contributed by atoms with Crippen molar-refractivity contribution in [2.75, 3.05) is 22.6 Å². The molecule has 0 spiro atoms. The van der Waals surface area contributed by atoms with Crippen molar-refractivity contribution in [2.45, 2.75) is 13.3 Å². The summed E-state index contributed by atoms with van der Waals surface area (Å²) >= 11 is 6.20. The fraction of sp³-hybridized carbons (Fsp3) is 0.111. The van der Waals surface area contributed by atoms with Gasteiger partial charge in [0.25, 0.3) is 17.7 Å². The molecule has 0 aliphatic carbocycles. The maximum absolute atomic E-state index is 13.0. The van der Waals surface area contributed by atoms with E-state index >= 15 is 0 Å². The second-order valence-electron chi connectivity index (χ2n) is 7.88. The number of esters is 1. The molecule has 8 nitrogen and oxygen atoms in total. The molecule has 0 fully saturated rings. The number of nitrogens with zero attached hydrogens (tertiary/aromatic N) is 1. The Morgan fingerprint density at radius 1 is 0.833 bits per heavy atom. The van der Waals surface area contributed by atoms with Gasteiger partial charge in [-0.1, -0.05) is 30.7 Å². The molecule has 1 aliphatic rings. The summed E-state index contributed by atoms with van der Waals surface area (Å²) in [6, 6.07) is 19.7. The minimum absolute atomic E-state index is 0.0378. The summed E-state index contributed by atoms with van der Waals surface area (Å²) in [7, 11) is 1.29. The molecule has 2 N–H and O–H groups in total. The second-order valence-corrected chi connectivity index (χ2v) is 8.26. The highest BCUT2D eigenvalue weighted by Crippen LogP contribution is 2.30. The van der Waals surface area contributed by atoms with Gasteiger partial charge in [-0.3, -0.25) is 14.4 Å². The molecule has 1 aliphatic heterocycles. The molecule has 0 saturated carbocycles. The Balaban J connectivity index is 1.43. The van der Waals surface area contributed by atoms with Gasteiger partial charge >= 0.3 is 5.97 Å². The van der Waals surface area contributed by atoms with Gasteiger partial charge in [-0.15, -0.1) is 0 Å². The Hall–Kier alpha value is -4.43. The molecule has 0 radical (unpaired) electrons. The minimum atomic E-state index is -0.609. The highest BCUT2D eigenvalue weighted by Gasteiger charge is 2.38. The first kappa shape index (κ1) is 24.7. The number of imide groups is 1. The Bertz CT molecular complexity index is 1360. The predicted octanol–water partition coefficient (Wildman–Crippen LogP) is 4.72. The standard InChI is InChI=1S/C27H22ClN3O5/c1-3-16-4-14-21(15-5-16)31-25(33)22(28)23(26(31)34)29-19-10-6-17(7-11-19)24(32)30-20-12-8-18(9-13-20)27(35)36-2/h4-15,29H,3H2,1-2H3,(H,30,32). The molecule has 182 valence electrons. The van der Waals surface area contributed by atoms with Crippen LogP contribution < -0.4 is 15.5 Å². The monoisotopic (exact) mass is 503 g/mol.